The Morgan fingerprint density at radius 1 is 1.27 bits per heavy atom. The highest BCUT2D eigenvalue weighted by atomic mass is 79.9. The first kappa shape index (κ1) is 14.5. The molecule has 0 spiro atoms. The summed E-state index contributed by atoms with van der Waals surface area (Å²) in [5, 5.41) is 15.2. The summed E-state index contributed by atoms with van der Waals surface area (Å²) in [4.78, 5) is 12.1. The van der Waals surface area contributed by atoms with E-state index in [1.165, 1.54) is 0 Å². The van der Waals surface area contributed by atoms with E-state index in [1.54, 1.807) is 38.7 Å². The van der Waals surface area contributed by atoms with Gasteiger partial charge in [-0.05, 0) is 22.0 Å². The number of amides is 1. The Morgan fingerprint density at radius 3 is 2.82 bits per heavy atom. The Balaban J connectivity index is 1.59. The first-order chi connectivity index (χ1) is 10.6. The molecule has 9 heteroatoms. The molecule has 3 aromatic rings. The lowest BCUT2D eigenvalue weighted by Crippen LogP contribution is -2.23. The summed E-state index contributed by atoms with van der Waals surface area (Å²) >= 11 is 3.33. The second-order valence-corrected chi connectivity index (χ2v) is 5.70. The van der Waals surface area contributed by atoms with Crippen molar-refractivity contribution in [2.75, 3.05) is 0 Å². The van der Waals surface area contributed by atoms with Crippen LogP contribution in [0.5, 0.6) is 0 Å². The van der Waals surface area contributed by atoms with Gasteiger partial charge in [0.15, 0.2) is 0 Å². The predicted molar refractivity (Wildman–Crippen MR) is 81.9 cm³/mol. The van der Waals surface area contributed by atoms with Gasteiger partial charge >= 0.3 is 0 Å². The zero-order valence-electron chi connectivity index (χ0n) is 11.8. The van der Waals surface area contributed by atoms with E-state index >= 15 is 0 Å². The van der Waals surface area contributed by atoms with Crippen LogP contribution in [0, 0.1) is 0 Å². The predicted octanol–water partition coefficient (Wildman–Crippen LogP) is 1.01. The van der Waals surface area contributed by atoms with Gasteiger partial charge in [-0.1, -0.05) is 0 Å². The minimum absolute atomic E-state index is 0.218. The topological polar surface area (TPSA) is 82.6 Å². The molecular weight excluding hydrogens is 350 g/mol. The van der Waals surface area contributed by atoms with Gasteiger partial charge in [-0.15, -0.1) is 0 Å². The summed E-state index contributed by atoms with van der Waals surface area (Å²) in [7, 11) is 1.83. The zero-order chi connectivity index (χ0) is 15.5. The fourth-order valence-electron chi connectivity index (χ4n) is 1.96. The molecular formula is C13H14BrN7O. The Labute approximate surface area is 134 Å². The number of carbonyl (C=O) groups excluding carboxylic acids is 1. The van der Waals surface area contributed by atoms with E-state index < -0.39 is 0 Å². The molecule has 0 saturated heterocycles. The molecule has 1 N–H and O–H groups in total. The maximum atomic E-state index is 12.1. The SMILES string of the molecule is Cn1cc(CNC(=O)c2ccn(Cn3cc(Br)cn3)n2)cn1. The molecule has 0 atom stereocenters. The van der Waals surface area contributed by atoms with Gasteiger partial charge in [0.25, 0.3) is 5.91 Å². The molecule has 0 aromatic carbocycles. The molecule has 3 heterocycles. The fraction of sp³-hybridized carbons (Fsp3) is 0.231. The quantitative estimate of drug-likeness (QED) is 0.733. The van der Waals surface area contributed by atoms with Crippen LogP contribution >= 0.6 is 15.9 Å². The third-order valence-corrected chi connectivity index (χ3v) is 3.39. The van der Waals surface area contributed by atoms with Crippen LogP contribution in [0.2, 0.25) is 0 Å². The fourth-order valence-corrected chi connectivity index (χ4v) is 2.29. The highest BCUT2D eigenvalue weighted by Gasteiger charge is 2.10. The van der Waals surface area contributed by atoms with E-state index in [9.17, 15) is 4.79 Å². The Morgan fingerprint density at radius 2 is 2.14 bits per heavy atom. The number of aromatic nitrogens is 6. The number of nitrogens with one attached hydrogen (secondary N) is 1. The van der Waals surface area contributed by atoms with Crippen molar-refractivity contribution >= 4 is 21.8 Å². The number of nitrogens with zero attached hydrogens (tertiary/aromatic N) is 6. The summed E-state index contributed by atoms with van der Waals surface area (Å²) in [6, 6.07) is 1.68. The number of aryl methyl sites for hydroxylation is 1. The summed E-state index contributed by atoms with van der Waals surface area (Å²) in [5.74, 6) is -0.218. The van der Waals surface area contributed by atoms with Crippen molar-refractivity contribution in [1.29, 1.82) is 0 Å². The van der Waals surface area contributed by atoms with Gasteiger partial charge in [0.05, 0.1) is 16.9 Å². The summed E-state index contributed by atoms with van der Waals surface area (Å²) in [5.41, 5.74) is 1.31. The van der Waals surface area contributed by atoms with Crippen LogP contribution in [0.4, 0.5) is 0 Å². The van der Waals surface area contributed by atoms with Gasteiger partial charge in [0, 0.05) is 37.7 Å². The zero-order valence-corrected chi connectivity index (χ0v) is 13.4. The third kappa shape index (κ3) is 3.42. The van der Waals surface area contributed by atoms with Gasteiger partial charge in [-0.2, -0.15) is 15.3 Å². The molecule has 22 heavy (non-hydrogen) atoms. The smallest absolute Gasteiger partial charge is 0.272 e. The van der Waals surface area contributed by atoms with Crippen LogP contribution in [0.1, 0.15) is 16.1 Å². The lowest BCUT2D eigenvalue weighted by molar-refractivity contribution is 0.0945. The lowest BCUT2D eigenvalue weighted by atomic mass is 10.3. The molecule has 0 saturated carbocycles. The molecule has 0 aliphatic carbocycles. The average molecular weight is 364 g/mol. The summed E-state index contributed by atoms with van der Waals surface area (Å²) in [6.07, 6.45) is 8.85. The maximum Gasteiger partial charge on any atom is 0.272 e. The molecule has 0 bridgehead atoms. The normalized spacial score (nSPS) is 10.8. The minimum atomic E-state index is -0.218. The summed E-state index contributed by atoms with van der Waals surface area (Å²) in [6.45, 7) is 0.868. The molecule has 1 amide bonds. The highest BCUT2D eigenvalue weighted by molar-refractivity contribution is 9.10. The molecule has 0 aliphatic heterocycles. The van der Waals surface area contributed by atoms with Gasteiger partial charge < -0.3 is 5.32 Å². The maximum absolute atomic E-state index is 12.1. The standard InChI is InChI=1S/C13H14BrN7O/c1-19-7-10(5-16-19)4-15-13(22)12-2-3-20(18-12)9-21-8-11(14)6-17-21/h2-3,5-8H,4,9H2,1H3,(H,15,22). The van der Waals surface area contributed by atoms with E-state index in [0.29, 0.717) is 18.9 Å². The molecule has 3 rings (SSSR count). The van der Waals surface area contributed by atoms with Crippen molar-refractivity contribution in [2.45, 2.75) is 13.2 Å². The van der Waals surface area contributed by atoms with Gasteiger partial charge in [0.2, 0.25) is 0 Å². The molecule has 0 radical (unpaired) electrons. The Hall–Kier alpha value is -2.42. The van der Waals surface area contributed by atoms with Crippen molar-refractivity contribution < 1.29 is 4.79 Å². The average Bonchev–Trinajstić information content (AvgIpc) is 3.19. The second kappa shape index (κ2) is 6.14. The first-order valence-electron chi connectivity index (χ1n) is 6.57. The molecule has 0 fully saturated rings. The van der Waals surface area contributed by atoms with Crippen molar-refractivity contribution in [3.63, 3.8) is 0 Å². The van der Waals surface area contributed by atoms with Crippen LogP contribution < -0.4 is 5.32 Å². The number of hydrogen-bond donors (Lipinski definition) is 1. The van der Waals surface area contributed by atoms with Crippen LogP contribution in [0.15, 0.2) is 41.5 Å². The van der Waals surface area contributed by atoms with Crippen LogP contribution in [-0.4, -0.2) is 35.2 Å². The molecule has 114 valence electrons. The number of halogens is 1. The summed E-state index contributed by atoms with van der Waals surface area (Å²) < 4.78 is 5.96. The van der Waals surface area contributed by atoms with Gasteiger partial charge in [0.1, 0.15) is 12.4 Å². The monoisotopic (exact) mass is 363 g/mol. The third-order valence-electron chi connectivity index (χ3n) is 2.98. The second-order valence-electron chi connectivity index (χ2n) is 4.78. The molecule has 3 aromatic heterocycles. The molecule has 8 nitrogen and oxygen atoms in total. The molecule has 0 unspecified atom stereocenters. The molecule has 0 aliphatic rings. The van der Waals surface area contributed by atoms with Crippen molar-refractivity contribution in [3.8, 4) is 0 Å². The van der Waals surface area contributed by atoms with Crippen molar-refractivity contribution in [3.05, 3.63) is 52.8 Å². The van der Waals surface area contributed by atoms with E-state index in [4.69, 9.17) is 0 Å². The van der Waals surface area contributed by atoms with Crippen LogP contribution in [-0.2, 0) is 20.3 Å². The van der Waals surface area contributed by atoms with E-state index in [2.05, 4.69) is 36.5 Å². The minimum Gasteiger partial charge on any atom is -0.346 e. The largest absolute Gasteiger partial charge is 0.346 e. The van der Waals surface area contributed by atoms with Gasteiger partial charge in [-0.25, -0.2) is 4.68 Å². The van der Waals surface area contributed by atoms with E-state index in [1.807, 2.05) is 19.4 Å². The Bertz CT molecular complexity index is 788. The van der Waals surface area contributed by atoms with Crippen LogP contribution in [0.3, 0.4) is 0 Å². The van der Waals surface area contributed by atoms with Gasteiger partial charge in [-0.3, -0.25) is 14.2 Å². The number of carbonyl (C=O) groups is 1. The van der Waals surface area contributed by atoms with Crippen LogP contribution in [0.25, 0.3) is 0 Å². The van der Waals surface area contributed by atoms with Crippen molar-refractivity contribution in [2.24, 2.45) is 7.05 Å². The first-order valence-corrected chi connectivity index (χ1v) is 7.36. The number of hydrogen-bond acceptors (Lipinski definition) is 4. The van der Waals surface area contributed by atoms with Crippen molar-refractivity contribution in [1.82, 2.24) is 34.7 Å². The lowest BCUT2D eigenvalue weighted by Gasteiger charge is -2.02. The van der Waals surface area contributed by atoms with E-state index in [-0.39, 0.29) is 5.91 Å². The highest BCUT2D eigenvalue weighted by Crippen LogP contribution is 2.06. The Kier molecular flexibility index (Phi) is 4.05. The van der Waals surface area contributed by atoms with E-state index in [0.717, 1.165) is 10.0 Å². The number of rotatable bonds is 5.